The highest BCUT2D eigenvalue weighted by molar-refractivity contribution is 4.98. The lowest BCUT2D eigenvalue weighted by Crippen LogP contribution is -2.47. The minimum Gasteiger partial charge on any atom is -0.311 e. The predicted octanol–water partition coefficient (Wildman–Crippen LogP) is 3.98. The van der Waals surface area contributed by atoms with Gasteiger partial charge in [-0.2, -0.15) is 0 Å². The third-order valence-electron chi connectivity index (χ3n) is 5.22. The maximum atomic E-state index is 3.95. The molecule has 0 aromatic rings. The van der Waals surface area contributed by atoms with E-state index in [1.807, 2.05) is 0 Å². The SMILES string of the molecule is CC(C)C1CCCCC1NC(C)C1(C)CC1. The molecular weight excluding hydrogens is 194 g/mol. The molecule has 0 spiro atoms. The highest BCUT2D eigenvalue weighted by Crippen LogP contribution is 2.48. The Morgan fingerprint density at radius 2 is 1.69 bits per heavy atom. The highest BCUT2D eigenvalue weighted by atomic mass is 15.0. The third kappa shape index (κ3) is 2.61. The van der Waals surface area contributed by atoms with E-state index in [0.717, 1.165) is 23.9 Å². The van der Waals surface area contributed by atoms with Crippen molar-refractivity contribution in [3.8, 4) is 0 Å². The average molecular weight is 223 g/mol. The zero-order valence-corrected chi connectivity index (χ0v) is 11.6. The van der Waals surface area contributed by atoms with Crippen molar-refractivity contribution in [1.82, 2.24) is 5.32 Å². The van der Waals surface area contributed by atoms with E-state index in [9.17, 15) is 0 Å². The Balaban J connectivity index is 1.90. The van der Waals surface area contributed by atoms with Crippen LogP contribution in [0.2, 0.25) is 0 Å². The van der Waals surface area contributed by atoms with Gasteiger partial charge in [-0.1, -0.05) is 33.6 Å². The van der Waals surface area contributed by atoms with Crippen LogP contribution >= 0.6 is 0 Å². The molecule has 0 radical (unpaired) electrons. The molecule has 1 nitrogen and oxygen atoms in total. The van der Waals surface area contributed by atoms with Crippen molar-refractivity contribution in [2.45, 2.75) is 78.3 Å². The molecule has 16 heavy (non-hydrogen) atoms. The Hall–Kier alpha value is -0.0400. The molecule has 2 aliphatic rings. The van der Waals surface area contributed by atoms with Crippen molar-refractivity contribution in [2.75, 3.05) is 0 Å². The smallest absolute Gasteiger partial charge is 0.0100 e. The summed E-state index contributed by atoms with van der Waals surface area (Å²) in [6.45, 7) is 9.64. The molecule has 94 valence electrons. The topological polar surface area (TPSA) is 12.0 Å². The summed E-state index contributed by atoms with van der Waals surface area (Å²) in [6, 6.07) is 1.51. The molecule has 2 saturated carbocycles. The summed E-state index contributed by atoms with van der Waals surface area (Å²) in [5.41, 5.74) is 0.624. The Bertz CT molecular complexity index is 230. The molecule has 1 heteroatoms. The fourth-order valence-electron chi connectivity index (χ4n) is 3.32. The number of rotatable bonds is 4. The van der Waals surface area contributed by atoms with Crippen molar-refractivity contribution in [1.29, 1.82) is 0 Å². The Morgan fingerprint density at radius 1 is 1.06 bits per heavy atom. The van der Waals surface area contributed by atoms with E-state index in [0.29, 0.717) is 5.41 Å². The van der Waals surface area contributed by atoms with Gasteiger partial charge in [-0.05, 0) is 49.9 Å². The zero-order chi connectivity index (χ0) is 11.8. The second-order valence-electron chi connectivity index (χ2n) is 6.84. The van der Waals surface area contributed by atoms with Crippen LogP contribution in [-0.4, -0.2) is 12.1 Å². The van der Waals surface area contributed by atoms with Crippen molar-refractivity contribution < 1.29 is 0 Å². The average Bonchev–Trinajstić information content (AvgIpc) is 2.98. The first-order chi connectivity index (χ1) is 7.53. The summed E-state index contributed by atoms with van der Waals surface area (Å²) in [4.78, 5) is 0. The summed E-state index contributed by atoms with van der Waals surface area (Å²) in [7, 11) is 0. The second-order valence-corrected chi connectivity index (χ2v) is 6.84. The van der Waals surface area contributed by atoms with E-state index in [1.165, 1.54) is 38.5 Å². The van der Waals surface area contributed by atoms with Crippen molar-refractivity contribution >= 4 is 0 Å². The van der Waals surface area contributed by atoms with E-state index in [1.54, 1.807) is 0 Å². The molecule has 0 amide bonds. The van der Waals surface area contributed by atoms with Gasteiger partial charge in [-0.3, -0.25) is 0 Å². The van der Waals surface area contributed by atoms with Crippen LogP contribution in [0.15, 0.2) is 0 Å². The second kappa shape index (κ2) is 4.68. The Kier molecular flexibility index (Phi) is 3.63. The highest BCUT2D eigenvalue weighted by Gasteiger charge is 2.43. The first-order valence-corrected chi connectivity index (χ1v) is 7.29. The monoisotopic (exact) mass is 223 g/mol. The molecule has 0 aliphatic heterocycles. The van der Waals surface area contributed by atoms with Gasteiger partial charge in [0.25, 0.3) is 0 Å². The lowest BCUT2D eigenvalue weighted by atomic mass is 9.77. The molecule has 0 aromatic carbocycles. The molecule has 0 bridgehead atoms. The summed E-state index contributed by atoms with van der Waals surface area (Å²) < 4.78 is 0. The minimum absolute atomic E-state index is 0.624. The van der Waals surface area contributed by atoms with Gasteiger partial charge < -0.3 is 5.32 Å². The van der Waals surface area contributed by atoms with Gasteiger partial charge in [-0.25, -0.2) is 0 Å². The molecule has 0 heterocycles. The molecular formula is C15H29N. The molecule has 2 fully saturated rings. The van der Waals surface area contributed by atoms with Crippen LogP contribution in [-0.2, 0) is 0 Å². The number of hydrogen-bond donors (Lipinski definition) is 1. The van der Waals surface area contributed by atoms with E-state index >= 15 is 0 Å². The van der Waals surface area contributed by atoms with E-state index in [4.69, 9.17) is 0 Å². The van der Waals surface area contributed by atoms with Crippen molar-refractivity contribution in [2.24, 2.45) is 17.3 Å². The van der Waals surface area contributed by atoms with Crippen molar-refractivity contribution in [3.05, 3.63) is 0 Å². The van der Waals surface area contributed by atoms with Crippen LogP contribution in [0.3, 0.4) is 0 Å². The first kappa shape index (κ1) is 12.4. The van der Waals surface area contributed by atoms with Gasteiger partial charge in [0.1, 0.15) is 0 Å². The lowest BCUT2D eigenvalue weighted by molar-refractivity contribution is 0.178. The largest absolute Gasteiger partial charge is 0.311 e. The molecule has 3 unspecified atom stereocenters. The molecule has 0 saturated heterocycles. The maximum Gasteiger partial charge on any atom is 0.0100 e. The molecule has 2 aliphatic carbocycles. The summed E-state index contributed by atoms with van der Waals surface area (Å²) in [5.74, 6) is 1.76. The number of hydrogen-bond acceptors (Lipinski definition) is 1. The van der Waals surface area contributed by atoms with Crippen LogP contribution in [0.4, 0.5) is 0 Å². The fraction of sp³-hybridized carbons (Fsp3) is 1.00. The van der Waals surface area contributed by atoms with Gasteiger partial charge in [0.15, 0.2) is 0 Å². The van der Waals surface area contributed by atoms with E-state index < -0.39 is 0 Å². The van der Waals surface area contributed by atoms with E-state index in [-0.39, 0.29) is 0 Å². The van der Waals surface area contributed by atoms with E-state index in [2.05, 4.69) is 33.0 Å². The van der Waals surface area contributed by atoms with Crippen molar-refractivity contribution in [3.63, 3.8) is 0 Å². The molecule has 3 atom stereocenters. The minimum atomic E-state index is 0.624. The fourth-order valence-corrected chi connectivity index (χ4v) is 3.32. The quantitative estimate of drug-likeness (QED) is 0.760. The summed E-state index contributed by atoms with van der Waals surface area (Å²) in [5, 5.41) is 3.95. The maximum absolute atomic E-state index is 3.95. The third-order valence-corrected chi connectivity index (χ3v) is 5.22. The molecule has 1 N–H and O–H groups in total. The van der Waals surface area contributed by atoms with Crippen LogP contribution in [0.25, 0.3) is 0 Å². The Labute approximate surface area is 101 Å². The first-order valence-electron chi connectivity index (χ1n) is 7.29. The van der Waals surface area contributed by atoms with Gasteiger partial charge in [0.2, 0.25) is 0 Å². The molecule has 2 rings (SSSR count). The van der Waals surface area contributed by atoms with Crippen LogP contribution in [0.5, 0.6) is 0 Å². The Morgan fingerprint density at radius 3 is 2.25 bits per heavy atom. The van der Waals surface area contributed by atoms with Gasteiger partial charge in [0, 0.05) is 12.1 Å². The summed E-state index contributed by atoms with van der Waals surface area (Å²) >= 11 is 0. The zero-order valence-electron chi connectivity index (χ0n) is 11.6. The normalized spacial score (nSPS) is 35.1. The van der Waals surface area contributed by atoms with Crippen LogP contribution in [0, 0.1) is 17.3 Å². The van der Waals surface area contributed by atoms with Gasteiger partial charge in [0.05, 0.1) is 0 Å². The standard InChI is InChI=1S/C15H29N/c1-11(2)13-7-5-6-8-14(13)16-12(3)15(4)9-10-15/h11-14,16H,5-10H2,1-4H3. The van der Waals surface area contributed by atoms with Gasteiger partial charge >= 0.3 is 0 Å². The predicted molar refractivity (Wildman–Crippen MR) is 70.5 cm³/mol. The number of nitrogens with one attached hydrogen (secondary N) is 1. The van der Waals surface area contributed by atoms with Crippen LogP contribution < -0.4 is 5.32 Å². The summed E-state index contributed by atoms with van der Waals surface area (Å²) in [6.07, 6.45) is 8.60. The molecule has 0 aromatic heterocycles. The lowest BCUT2D eigenvalue weighted by Gasteiger charge is -2.38. The van der Waals surface area contributed by atoms with Crippen LogP contribution in [0.1, 0.15) is 66.2 Å². The van der Waals surface area contributed by atoms with Gasteiger partial charge in [-0.15, -0.1) is 0 Å².